The predicted octanol–water partition coefficient (Wildman–Crippen LogP) is 0.772. The second-order valence-corrected chi connectivity index (χ2v) is 1.71. The van der Waals surface area contributed by atoms with Gasteiger partial charge in [0, 0.05) is 6.20 Å². The van der Waals surface area contributed by atoms with Gasteiger partial charge < -0.3 is 5.73 Å². The summed E-state index contributed by atoms with van der Waals surface area (Å²) in [7, 11) is 0. The van der Waals surface area contributed by atoms with Crippen molar-refractivity contribution >= 4 is 5.69 Å². The molecule has 2 N–H and O–H groups in total. The van der Waals surface area contributed by atoms with E-state index < -0.39 is 0 Å². The number of hydrogen-bond acceptors (Lipinski definition) is 2. The summed E-state index contributed by atoms with van der Waals surface area (Å²) in [5.74, 6) is 0. The lowest BCUT2D eigenvalue weighted by Gasteiger charge is -1.89. The molecule has 0 unspecified atom stereocenters. The first-order chi connectivity index (χ1) is 3.79. The van der Waals surface area contributed by atoms with Crippen LogP contribution in [0.4, 0.5) is 5.69 Å². The van der Waals surface area contributed by atoms with Crippen LogP contribution in [0, 0.1) is 13.1 Å². The molecule has 8 heavy (non-hydrogen) atoms. The molecular formula is C6H7N2. The molecule has 0 atom stereocenters. The molecule has 0 aliphatic heterocycles. The Balaban J connectivity index is 3.08. The second kappa shape index (κ2) is 1.82. The smallest absolute Gasteiger partial charge is 0.114 e. The molecule has 1 aromatic rings. The SMILES string of the molecule is Cc1cn[c]c(N)c1. The first kappa shape index (κ1) is 5.09. The monoisotopic (exact) mass is 107 g/mol. The molecular weight excluding hydrogens is 100 g/mol. The molecule has 0 aliphatic carbocycles. The minimum absolute atomic E-state index is 0.602. The lowest BCUT2D eigenvalue weighted by Crippen LogP contribution is -1.86. The third-order valence-corrected chi connectivity index (χ3v) is 0.845. The van der Waals surface area contributed by atoms with Gasteiger partial charge in [-0.2, -0.15) is 0 Å². The van der Waals surface area contributed by atoms with Crippen LogP contribution in [0.3, 0.4) is 0 Å². The highest BCUT2D eigenvalue weighted by molar-refractivity contribution is 5.35. The molecule has 0 amide bonds. The van der Waals surface area contributed by atoms with Crippen LogP contribution in [-0.2, 0) is 0 Å². The lowest BCUT2D eigenvalue weighted by molar-refractivity contribution is 1.26. The van der Waals surface area contributed by atoms with E-state index in [4.69, 9.17) is 5.73 Å². The van der Waals surface area contributed by atoms with Crippen molar-refractivity contribution < 1.29 is 0 Å². The number of pyridine rings is 1. The van der Waals surface area contributed by atoms with Crippen LogP contribution in [0.25, 0.3) is 0 Å². The van der Waals surface area contributed by atoms with E-state index in [0.717, 1.165) is 5.56 Å². The van der Waals surface area contributed by atoms with Crippen LogP contribution >= 0.6 is 0 Å². The van der Waals surface area contributed by atoms with E-state index in [0.29, 0.717) is 5.69 Å². The summed E-state index contributed by atoms with van der Waals surface area (Å²) in [4.78, 5) is 3.73. The molecule has 0 saturated carbocycles. The van der Waals surface area contributed by atoms with E-state index in [-0.39, 0.29) is 0 Å². The summed E-state index contributed by atoms with van der Waals surface area (Å²) >= 11 is 0. The van der Waals surface area contributed by atoms with Crippen LogP contribution in [0.2, 0.25) is 0 Å². The van der Waals surface area contributed by atoms with Crippen molar-refractivity contribution in [2.75, 3.05) is 5.73 Å². The average Bonchev–Trinajstić information content (AvgIpc) is 1.64. The minimum atomic E-state index is 0.602. The van der Waals surface area contributed by atoms with Crippen LogP contribution < -0.4 is 5.73 Å². The number of nitrogen functional groups attached to an aromatic ring is 1. The minimum Gasteiger partial charge on any atom is -0.397 e. The fraction of sp³-hybridized carbons (Fsp3) is 0.167. The highest BCUT2D eigenvalue weighted by atomic mass is 14.7. The highest BCUT2D eigenvalue weighted by Crippen LogP contribution is 1.99. The molecule has 41 valence electrons. The molecule has 2 nitrogen and oxygen atoms in total. The predicted molar refractivity (Wildman–Crippen MR) is 32.2 cm³/mol. The zero-order valence-electron chi connectivity index (χ0n) is 4.68. The van der Waals surface area contributed by atoms with Gasteiger partial charge in [-0.15, -0.1) is 0 Å². The highest BCUT2D eigenvalue weighted by Gasteiger charge is 1.83. The van der Waals surface area contributed by atoms with E-state index in [2.05, 4.69) is 11.2 Å². The van der Waals surface area contributed by atoms with Gasteiger partial charge in [-0.05, 0) is 18.6 Å². The molecule has 0 bridgehead atoms. The Morgan fingerprint density at radius 2 is 2.50 bits per heavy atom. The Labute approximate surface area is 48.4 Å². The molecule has 1 aromatic heterocycles. The first-order valence-corrected chi connectivity index (χ1v) is 2.39. The van der Waals surface area contributed by atoms with Crippen molar-refractivity contribution in [3.8, 4) is 0 Å². The molecule has 0 fully saturated rings. The Hall–Kier alpha value is -1.05. The van der Waals surface area contributed by atoms with Crippen LogP contribution in [0.1, 0.15) is 5.56 Å². The van der Waals surface area contributed by atoms with Crippen molar-refractivity contribution in [2.24, 2.45) is 0 Å². The third-order valence-electron chi connectivity index (χ3n) is 0.845. The lowest BCUT2D eigenvalue weighted by atomic mass is 10.3. The number of anilines is 1. The molecule has 1 radical (unpaired) electrons. The van der Waals surface area contributed by atoms with Crippen LogP contribution in [-0.4, -0.2) is 4.98 Å². The maximum Gasteiger partial charge on any atom is 0.114 e. The third kappa shape index (κ3) is 0.964. The molecule has 0 aromatic carbocycles. The van der Waals surface area contributed by atoms with Crippen LogP contribution in [0.5, 0.6) is 0 Å². The van der Waals surface area contributed by atoms with E-state index in [1.807, 2.05) is 13.0 Å². The van der Waals surface area contributed by atoms with Gasteiger partial charge in [-0.25, -0.2) is 0 Å². The largest absolute Gasteiger partial charge is 0.397 e. The van der Waals surface area contributed by atoms with Gasteiger partial charge in [0.1, 0.15) is 6.20 Å². The van der Waals surface area contributed by atoms with Crippen molar-refractivity contribution in [3.63, 3.8) is 0 Å². The van der Waals surface area contributed by atoms with Crippen LogP contribution in [0.15, 0.2) is 12.3 Å². The summed E-state index contributed by atoms with van der Waals surface area (Å²) in [6.07, 6.45) is 4.32. The fourth-order valence-corrected chi connectivity index (χ4v) is 0.523. The van der Waals surface area contributed by atoms with Crippen molar-refractivity contribution in [1.29, 1.82) is 0 Å². The molecule has 1 heterocycles. The number of aryl methyl sites for hydroxylation is 1. The van der Waals surface area contributed by atoms with E-state index >= 15 is 0 Å². The van der Waals surface area contributed by atoms with Gasteiger partial charge >= 0.3 is 0 Å². The van der Waals surface area contributed by atoms with Crippen molar-refractivity contribution in [1.82, 2.24) is 4.98 Å². The number of hydrogen-bond donors (Lipinski definition) is 1. The van der Waals surface area contributed by atoms with Crippen molar-refractivity contribution in [2.45, 2.75) is 6.92 Å². The molecule has 0 saturated heterocycles. The van der Waals surface area contributed by atoms with Gasteiger partial charge in [0.05, 0.1) is 5.69 Å². The summed E-state index contributed by atoms with van der Waals surface area (Å²) in [5, 5.41) is 0. The molecule has 0 spiro atoms. The van der Waals surface area contributed by atoms with E-state index in [1.165, 1.54) is 0 Å². The van der Waals surface area contributed by atoms with E-state index in [9.17, 15) is 0 Å². The first-order valence-electron chi connectivity index (χ1n) is 2.39. The summed E-state index contributed by atoms with van der Waals surface area (Å²) in [6.45, 7) is 1.94. The Morgan fingerprint density at radius 1 is 1.75 bits per heavy atom. The zero-order valence-corrected chi connectivity index (χ0v) is 4.68. The number of nitrogens with zero attached hydrogens (tertiary/aromatic N) is 1. The van der Waals surface area contributed by atoms with Gasteiger partial charge in [0.2, 0.25) is 0 Å². The number of nitrogens with two attached hydrogens (primary N) is 1. The Bertz CT molecular complexity index is 166. The normalized spacial score (nSPS) is 9.12. The Morgan fingerprint density at radius 3 is 2.88 bits per heavy atom. The second-order valence-electron chi connectivity index (χ2n) is 1.71. The molecule has 2 heteroatoms. The quantitative estimate of drug-likeness (QED) is 0.532. The van der Waals surface area contributed by atoms with Gasteiger partial charge in [0.25, 0.3) is 0 Å². The summed E-state index contributed by atoms with van der Waals surface area (Å²) in [6, 6.07) is 1.83. The standard InChI is InChI=1S/C6H7N2/c1-5-2-6(7)4-8-3-5/h2-3H,7H2,1H3. The summed E-state index contributed by atoms with van der Waals surface area (Å²) in [5.41, 5.74) is 7.01. The maximum atomic E-state index is 5.34. The topological polar surface area (TPSA) is 38.9 Å². The van der Waals surface area contributed by atoms with Gasteiger partial charge in [-0.3, -0.25) is 4.98 Å². The maximum absolute atomic E-state index is 5.34. The summed E-state index contributed by atoms with van der Waals surface area (Å²) < 4.78 is 0. The van der Waals surface area contributed by atoms with Gasteiger partial charge in [0.15, 0.2) is 0 Å². The zero-order chi connectivity index (χ0) is 5.98. The fourth-order valence-electron chi connectivity index (χ4n) is 0.523. The Kier molecular flexibility index (Phi) is 1.16. The van der Waals surface area contributed by atoms with E-state index in [1.54, 1.807) is 6.20 Å². The van der Waals surface area contributed by atoms with Gasteiger partial charge in [-0.1, -0.05) is 0 Å². The average molecular weight is 107 g/mol. The molecule has 0 aliphatic rings. The molecule has 1 rings (SSSR count). The number of aromatic nitrogens is 1. The van der Waals surface area contributed by atoms with Crippen molar-refractivity contribution in [3.05, 3.63) is 24.0 Å². The number of rotatable bonds is 0.